The molecule has 14 heteroatoms. The zero-order valence-corrected chi connectivity index (χ0v) is 23.1. The number of carbonyl (C=O) groups is 2. The highest BCUT2D eigenvalue weighted by Gasteiger charge is 2.44. The van der Waals surface area contributed by atoms with Crippen molar-refractivity contribution in [3.05, 3.63) is 68.1 Å². The molecule has 11 N–H and O–H groups in total. The maximum Gasteiger partial charge on any atom is 0.350 e. The standard InChI is InChI=1S/C23H26Br2N10O2/c1-35-16(2-3-17(35)25)21(37)29-6-10-4-13-19(34-23(27)32-13)18(15-9-31-22(26)33-15)12(10)8-30-20(36)14-5-11(24)7-28-14/h2-3,5,7,9-10,12,18,28H,4,6,8H2,1H3,(H,29,37)(H,30,36)(H3,26,31,33)(H3,27,32,34)/p+2/t10?,12-,18?/m1/s1. The smallest absolute Gasteiger partial charge is 0.350 e. The highest BCUT2D eigenvalue weighted by atomic mass is 79.9. The lowest BCUT2D eigenvalue weighted by Crippen LogP contribution is -2.45. The molecule has 5 rings (SSSR count). The fraction of sp³-hybridized carbons (Fsp3) is 0.304. The second-order valence-electron chi connectivity index (χ2n) is 9.20. The van der Waals surface area contributed by atoms with Crippen LogP contribution in [0.25, 0.3) is 0 Å². The Morgan fingerprint density at radius 2 is 1.92 bits per heavy atom. The summed E-state index contributed by atoms with van der Waals surface area (Å²) in [5.41, 5.74) is 15.8. The number of nitrogens with two attached hydrogens (primary N) is 2. The Hall–Kier alpha value is -3.52. The first kappa shape index (κ1) is 25.1. The Balaban J connectivity index is 1.44. The first-order valence-corrected chi connectivity index (χ1v) is 13.3. The summed E-state index contributed by atoms with van der Waals surface area (Å²) in [6.45, 7) is 0.749. The molecule has 0 saturated carbocycles. The fourth-order valence-electron chi connectivity index (χ4n) is 5.09. The van der Waals surface area contributed by atoms with Crippen molar-refractivity contribution in [2.75, 3.05) is 24.6 Å². The molecule has 1 aliphatic carbocycles. The summed E-state index contributed by atoms with van der Waals surface area (Å²) in [7, 11) is 1.82. The predicted molar refractivity (Wildman–Crippen MR) is 142 cm³/mol. The van der Waals surface area contributed by atoms with E-state index in [0.717, 1.165) is 26.2 Å². The van der Waals surface area contributed by atoms with Gasteiger partial charge in [-0.2, -0.15) is 0 Å². The summed E-state index contributed by atoms with van der Waals surface area (Å²) in [6, 6.07) is 5.33. The molecule has 0 aliphatic heterocycles. The van der Waals surface area contributed by atoms with Gasteiger partial charge in [-0.05, 0) is 61.9 Å². The first-order valence-electron chi connectivity index (χ1n) is 11.7. The zero-order chi connectivity index (χ0) is 26.3. The molecular weight excluding hydrogens is 608 g/mol. The van der Waals surface area contributed by atoms with Gasteiger partial charge in [0.2, 0.25) is 0 Å². The summed E-state index contributed by atoms with van der Waals surface area (Å²) in [6.07, 6.45) is 4.16. The van der Waals surface area contributed by atoms with Crippen LogP contribution in [0.3, 0.4) is 0 Å². The number of aromatic nitrogens is 6. The lowest BCUT2D eigenvalue weighted by Gasteiger charge is -2.35. The molecule has 37 heavy (non-hydrogen) atoms. The number of rotatable bonds is 7. The van der Waals surface area contributed by atoms with E-state index in [9.17, 15) is 9.59 Å². The van der Waals surface area contributed by atoms with Crippen LogP contribution in [0, 0.1) is 11.8 Å². The Bertz CT molecular complexity index is 1450. The van der Waals surface area contributed by atoms with Crippen molar-refractivity contribution in [2.45, 2.75) is 12.3 Å². The van der Waals surface area contributed by atoms with Crippen molar-refractivity contribution < 1.29 is 19.6 Å². The minimum atomic E-state index is -0.221. The molecule has 0 radical (unpaired) electrons. The van der Waals surface area contributed by atoms with E-state index in [1.807, 2.05) is 19.3 Å². The Kier molecular flexibility index (Phi) is 6.86. The van der Waals surface area contributed by atoms with E-state index in [2.05, 4.69) is 67.4 Å². The van der Waals surface area contributed by atoms with Crippen LogP contribution >= 0.6 is 31.9 Å². The SMILES string of the molecule is Cn1c(Br)ccc1C(=O)NCC1Cc2[nH]c(N)[nH+]c2C(c2c[nH+]c(N)[nH]2)[C@@H]1CNC(=O)c1cc(Br)c[nH]1. The Labute approximate surface area is 228 Å². The molecule has 2 amide bonds. The number of imidazole rings is 2. The lowest BCUT2D eigenvalue weighted by atomic mass is 9.71. The van der Waals surface area contributed by atoms with Gasteiger partial charge in [0.25, 0.3) is 11.8 Å². The molecule has 194 valence electrons. The molecule has 0 spiro atoms. The van der Waals surface area contributed by atoms with Crippen molar-refractivity contribution >= 4 is 55.6 Å². The summed E-state index contributed by atoms with van der Waals surface area (Å²) in [4.78, 5) is 41.5. The molecule has 0 fully saturated rings. The number of H-pyrrole nitrogens is 5. The molecule has 0 bridgehead atoms. The zero-order valence-electron chi connectivity index (χ0n) is 19.9. The maximum atomic E-state index is 13.0. The highest BCUT2D eigenvalue weighted by molar-refractivity contribution is 9.10. The van der Waals surface area contributed by atoms with E-state index >= 15 is 0 Å². The monoisotopic (exact) mass is 634 g/mol. The first-order chi connectivity index (χ1) is 17.7. The number of nitrogens with one attached hydrogen (secondary N) is 7. The van der Waals surface area contributed by atoms with Crippen LogP contribution in [0.2, 0.25) is 0 Å². The van der Waals surface area contributed by atoms with E-state index in [0.29, 0.717) is 42.8 Å². The van der Waals surface area contributed by atoms with Crippen LogP contribution < -0.4 is 32.1 Å². The van der Waals surface area contributed by atoms with E-state index in [1.54, 1.807) is 22.9 Å². The van der Waals surface area contributed by atoms with Crippen LogP contribution in [0.1, 0.15) is 44.0 Å². The average Bonchev–Trinajstić information content (AvgIpc) is 3.64. The van der Waals surface area contributed by atoms with Crippen LogP contribution in [-0.2, 0) is 13.5 Å². The summed E-state index contributed by atoms with van der Waals surface area (Å²) < 4.78 is 3.39. The van der Waals surface area contributed by atoms with E-state index in [4.69, 9.17) is 11.5 Å². The number of amides is 2. The van der Waals surface area contributed by atoms with Gasteiger partial charge >= 0.3 is 11.9 Å². The van der Waals surface area contributed by atoms with Gasteiger partial charge in [0, 0.05) is 37.2 Å². The van der Waals surface area contributed by atoms with Crippen molar-refractivity contribution in [3.8, 4) is 0 Å². The molecule has 2 unspecified atom stereocenters. The Morgan fingerprint density at radius 3 is 2.57 bits per heavy atom. The fourth-order valence-corrected chi connectivity index (χ4v) is 5.75. The van der Waals surface area contributed by atoms with Crippen LogP contribution in [0.5, 0.6) is 0 Å². The van der Waals surface area contributed by atoms with Gasteiger partial charge < -0.3 is 20.2 Å². The largest absolute Gasteiger partial charge is 0.356 e. The molecule has 4 heterocycles. The topological polar surface area (TPSA) is 191 Å². The maximum absolute atomic E-state index is 13.0. The minimum absolute atomic E-state index is 0.0307. The quantitative estimate of drug-likeness (QED) is 0.160. The molecule has 4 aromatic rings. The molecule has 1 aliphatic rings. The average molecular weight is 636 g/mol. The Morgan fingerprint density at radius 1 is 1.14 bits per heavy atom. The number of nitrogens with zero attached hydrogens (tertiary/aromatic N) is 1. The number of carbonyl (C=O) groups excluding carboxylic acids is 2. The molecule has 0 saturated heterocycles. The van der Waals surface area contributed by atoms with Gasteiger partial charge in [-0.15, -0.1) is 0 Å². The second kappa shape index (κ2) is 10.1. The van der Waals surface area contributed by atoms with Crippen molar-refractivity contribution in [1.29, 1.82) is 0 Å². The number of aromatic amines is 5. The number of fused-ring (bicyclic) bond motifs is 1. The third kappa shape index (κ3) is 5.03. The second-order valence-corrected chi connectivity index (χ2v) is 10.9. The molecule has 0 aromatic carbocycles. The minimum Gasteiger partial charge on any atom is -0.356 e. The highest BCUT2D eigenvalue weighted by Crippen LogP contribution is 2.41. The molecule has 4 aromatic heterocycles. The van der Waals surface area contributed by atoms with E-state index in [-0.39, 0.29) is 29.6 Å². The van der Waals surface area contributed by atoms with E-state index in [1.165, 1.54) is 0 Å². The normalized spacial score (nSPS) is 18.9. The summed E-state index contributed by atoms with van der Waals surface area (Å²) in [5.74, 6) is 0.128. The molecule has 12 nitrogen and oxygen atoms in total. The van der Waals surface area contributed by atoms with Crippen LogP contribution in [-0.4, -0.2) is 44.4 Å². The number of hydrogen-bond acceptors (Lipinski definition) is 4. The number of nitrogen functional groups attached to an aromatic ring is 2. The van der Waals surface area contributed by atoms with Gasteiger partial charge in [-0.3, -0.25) is 21.1 Å². The number of anilines is 2. The van der Waals surface area contributed by atoms with Gasteiger partial charge in [0.15, 0.2) is 0 Å². The lowest BCUT2D eigenvalue weighted by molar-refractivity contribution is -0.375. The number of hydrogen-bond donors (Lipinski definition) is 7. The van der Waals surface area contributed by atoms with Crippen LogP contribution in [0.4, 0.5) is 11.9 Å². The van der Waals surface area contributed by atoms with Gasteiger partial charge in [-0.25, -0.2) is 19.9 Å². The van der Waals surface area contributed by atoms with Crippen molar-refractivity contribution in [2.24, 2.45) is 18.9 Å². The van der Waals surface area contributed by atoms with Gasteiger partial charge in [-0.1, -0.05) is 0 Å². The van der Waals surface area contributed by atoms with Gasteiger partial charge in [0.1, 0.15) is 28.5 Å². The van der Waals surface area contributed by atoms with Crippen molar-refractivity contribution in [1.82, 2.24) is 30.2 Å². The molecule has 3 atom stereocenters. The summed E-state index contributed by atoms with van der Waals surface area (Å²) in [5, 5.41) is 6.15. The molecular formula is C23H28Br2N10O2+2. The predicted octanol–water partition coefficient (Wildman–Crippen LogP) is 1.11. The van der Waals surface area contributed by atoms with Crippen LogP contribution in [0.15, 0.2) is 39.7 Å². The van der Waals surface area contributed by atoms with Crippen molar-refractivity contribution in [3.63, 3.8) is 0 Å². The number of halogens is 2. The third-order valence-corrected chi connectivity index (χ3v) is 8.15. The van der Waals surface area contributed by atoms with Gasteiger partial charge in [0.05, 0.1) is 16.7 Å². The van der Waals surface area contributed by atoms with E-state index < -0.39 is 0 Å². The summed E-state index contributed by atoms with van der Waals surface area (Å²) >= 11 is 6.80. The third-order valence-electron chi connectivity index (χ3n) is 6.90.